The topological polar surface area (TPSA) is 87.5 Å². The molecule has 2 rings (SSSR count). The third-order valence-corrected chi connectivity index (χ3v) is 4.86. The summed E-state index contributed by atoms with van der Waals surface area (Å²) in [7, 11) is 0. The predicted octanol–water partition coefficient (Wildman–Crippen LogP) is 1.63. The third kappa shape index (κ3) is 6.18. The number of amides is 3. The van der Waals surface area contributed by atoms with Crippen molar-refractivity contribution in [3.8, 4) is 0 Å². The number of nitrogens with zero attached hydrogens (tertiary/aromatic N) is 1. The maximum Gasteiger partial charge on any atom is 0.315 e. The molecular weight excluding hydrogens is 316 g/mol. The molecule has 6 nitrogen and oxygen atoms in total. The minimum atomic E-state index is -0.112. The normalized spacial score (nSPS) is 21.2. The number of carbonyl (C=O) groups is 2. The lowest BCUT2D eigenvalue weighted by molar-refractivity contribution is -0.135. The number of hydrogen-bond donors (Lipinski definition) is 3. The van der Waals surface area contributed by atoms with Crippen molar-refractivity contribution in [1.29, 1.82) is 0 Å². The fraction of sp³-hybridized carbons (Fsp3) is 0.875. The highest BCUT2D eigenvalue weighted by molar-refractivity contribution is 5.85. The number of hydrogen-bond acceptors (Lipinski definition) is 3. The highest BCUT2D eigenvalue weighted by Gasteiger charge is 2.26. The summed E-state index contributed by atoms with van der Waals surface area (Å²) in [6, 6.07) is 0.452. The van der Waals surface area contributed by atoms with Crippen molar-refractivity contribution in [2.75, 3.05) is 19.6 Å². The van der Waals surface area contributed by atoms with Crippen molar-refractivity contribution >= 4 is 24.3 Å². The van der Waals surface area contributed by atoms with Gasteiger partial charge in [-0.2, -0.15) is 0 Å². The van der Waals surface area contributed by atoms with Gasteiger partial charge in [-0.25, -0.2) is 4.79 Å². The first-order valence-corrected chi connectivity index (χ1v) is 8.66. The molecule has 7 heteroatoms. The summed E-state index contributed by atoms with van der Waals surface area (Å²) >= 11 is 0. The number of likely N-dealkylation sites (tertiary alicyclic amines) is 1. The van der Waals surface area contributed by atoms with Crippen LogP contribution < -0.4 is 16.4 Å². The molecule has 1 saturated carbocycles. The Bertz CT molecular complexity index is 380. The van der Waals surface area contributed by atoms with Gasteiger partial charge in [-0.3, -0.25) is 4.79 Å². The Kier molecular flexibility index (Phi) is 8.69. The molecule has 2 aliphatic rings. The first-order valence-electron chi connectivity index (χ1n) is 8.66. The highest BCUT2D eigenvalue weighted by Crippen LogP contribution is 2.17. The number of nitrogens with two attached hydrogens (primary N) is 1. The van der Waals surface area contributed by atoms with Gasteiger partial charge in [-0.05, 0) is 25.7 Å². The highest BCUT2D eigenvalue weighted by atomic mass is 35.5. The van der Waals surface area contributed by atoms with Gasteiger partial charge in [0.05, 0.1) is 0 Å². The molecule has 1 heterocycles. The Morgan fingerprint density at radius 3 is 2.09 bits per heavy atom. The number of halogens is 1. The van der Waals surface area contributed by atoms with Crippen molar-refractivity contribution in [1.82, 2.24) is 15.5 Å². The van der Waals surface area contributed by atoms with Gasteiger partial charge in [-0.1, -0.05) is 26.2 Å². The zero-order chi connectivity index (χ0) is 15.9. The average molecular weight is 347 g/mol. The molecular formula is C16H31ClN4O2. The predicted molar refractivity (Wildman–Crippen MR) is 93.6 cm³/mol. The maximum absolute atomic E-state index is 12.1. The Balaban J connectivity index is 0.00000264. The van der Waals surface area contributed by atoms with Crippen LogP contribution in [0.1, 0.15) is 51.9 Å². The number of carbonyl (C=O) groups excluding carboxylic acids is 2. The summed E-state index contributed by atoms with van der Waals surface area (Å²) in [5.74, 6) is 0.0201. The fourth-order valence-electron chi connectivity index (χ4n) is 3.32. The lowest BCUT2D eigenvalue weighted by atomic mass is 9.96. The van der Waals surface area contributed by atoms with Crippen molar-refractivity contribution in [3.63, 3.8) is 0 Å². The molecule has 1 atom stereocenters. The first kappa shape index (κ1) is 20.0. The summed E-state index contributed by atoms with van der Waals surface area (Å²) in [5, 5.41) is 6.14. The Morgan fingerprint density at radius 1 is 1.04 bits per heavy atom. The van der Waals surface area contributed by atoms with Gasteiger partial charge in [0.1, 0.15) is 0 Å². The summed E-state index contributed by atoms with van der Waals surface area (Å²) in [6.07, 6.45) is 7.54. The molecule has 0 aromatic heterocycles. The maximum atomic E-state index is 12.1. The molecule has 3 amide bonds. The van der Waals surface area contributed by atoms with Crippen molar-refractivity contribution < 1.29 is 9.59 Å². The molecule has 2 fully saturated rings. The minimum Gasteiger partial charge on any atom is -0.342 e. The SMILES string of the molecule is CC(CN)C(=O)N1CCC(NC(=O)NC2CCCCC2)CC1.Cl. The molecule has 0 aromatic carbocycles. The molecule has 0 bridgehead atoms. The van der Waals surface area contributed by atoms with E-state index in [1.165, 1.54) is 19.3 Å². The molecule has 23 heavy (non-hydrogen) atoms. The van der Waals surface area contributed by atoms with Gasteiger partial charge in [0.25, 0.3) is 0 Å². The quantitative estimate of drug-likeness (QED) is 0.723. The summed E-state index contributed by atoms with van der Waals surface area (Å²) in [4.78, 5) is 26.0. The Hall–Kier alpha value is -1.01. The standard InChI is InChI=1S/C16H30N4O2.ClH/c1-12(11-17)15(21)20-9-7-14(8-10-20)19-16(22)18-13-5-3-2-4-6-13;/h12-14H,2-11,17H2,1H3,(H2,18,19,22);1H. The first-order chi connectivity index (χ1) is 10.6. The van der Waals surface area contributed by atoms with Gasteiger partial charge in [0.15, 0.2) is 0 Å². The Labute approximate surface area is 145 Å². The lowest BCUT2D eigenvalue weighted by Gasteiger charge is -2.34. The lowest BCUT2D eigenvalue weighted by Crippen LogP contribution is -2.52. The van der Waals surface area contributed by atoms with Crippen LogP contribution in [0, 0.1) is 5.92 Å². The van der Waals surface area contributed by atoms with E-state index in [0.29, 0.717) is 25.7 Å². The van der Waals surface area contributed by atoms with E-state index in [-0.39, 0.29) is 36.3 Å². The summed E-state index contributed by atoms with van der Waals surface area (Å²) < 4.78 is 0. The number of nitrogens with one attached hydrogen (secondary N) is 2. The van der Waals surface area contributed by atoms with Gasteiger partial charge >= 0.3 is 6.03 Å². The van der Waals surface area contributed by atoms with Crippen molar-refractivity contribution in [2.24, 2.45) is 11.7 Å². The van der Waals surface area contributed by atoms with E-state index < -0.39 is 0 Å². The van der Waals surface area contributed by atoms with Crippen LogP contribution in [-0.4, -0.2) is 48.6 Å². The van der Waals surface area contributed by atoms with Crippen LogP contribution in [0.5, 0.6) is 0 Å². The number of urea groups is 1. The number of piperidine rings is 1. The number of rotatable bonds is 4. The Morgan fingerprint density at radius 2 is 1.57 bits per heavy atom. The van der Waals surface area contributed by atoms with Crippen molar-refractivity contribution in [3.05, 3.63) is 0 Å². The third-order valence-electron chi connectivity index (χ3n) is 4.86. The average Bonchev–Trinajstić information content (AvgIpc) is 2.55. The van der Waals surface area contributed by atoms with Crippen molar-refractivity contribution in [2.45, 2.75) is 64.0 Å². The van der Waals surface area contributed by atoms with Gasteiger partial charge < -0.3 is 21.3 Å². The van der Waals surface area contributed by atoms with E-state index in [2.05, 4.69) is 10.6 Å². The largest absolute Gasteiger partial charge is 0.342 e. The molecule has 1 saturated heterocycles. The molecule has 1 aliphatic carbocycles. The van der Waals surface area contributed by atoms with Gasteiger partial charge in [-0.15, -0.1) is 12.4 Å². The van der Waals surface area contributed by atoms with Gasteiger partial charge in [0.2, 0.25) is 5.91 Å². The van der Waals surface area contributed by atoms with Crippen LogP contribution in [0.15, 0.2) is 0 Å². The second-order valence-electron chi connectivity index (χ2n) is 6.69. The van der Waals surface area contributed by atoms with E-state index in [1.54, 1.807) is 0 Å². The second kappa shape index (κ2) is 9.98. The van der Waals surface area contributed by atoms with Crippen LogP contribution in [0.4, 0.5) is 4.79 Å². The molecule has 4 N–H and O–H groups in total. The summed E-state index contributed by atoms with van der Waals surface area (Å²) in [5.41, 5.74) is 5.55. The molecule has 134 valence electrons. The molecule has 1 aliphatic heterocycles. The van der Waals surface area contributed by atoms with E-state index in [0.717, 1.165) is 25.7 Å². The van der Waals surface area contributed by atoms with E-state index >= 15 is 0 Å². The molecule has 0 aromatic rings. The fourth-order valence-corrected chi connectivity index (χ4v) is 3.32. The minimum absolute atomic E-state index is 0. The molecule has 0 radical (unpaired) electrons. The molecule has 1 unspecified atom stereocenters. The van der Waals surface area contributed by atoms with Crippen LogP contribution in [0.3, 0.4) is 0 Å². The van der Waals surface area contributed by atoms with Gasteiger partial charge in [0, 0.05) is 37.6 Å². The van der Waals surface area contributed by atoms with E-state index in [9.17, 15) is 9.59 Å². The van der Waals surface area contributed by atoms with E-state index in [4.69, 9.17) is 5.73 Å². The van der Waals surface area contributed by atoms with Crippen LogP contribution in [-0.2, 0) is 4.79 Å². The second-order valence-corrected chi connectivity index (χ2v) is 6.69. The van der Waals surface area contributed by atoms with Crippen LogP contribution in [0.2, 0.25) is 0 Å². The smallest absolute Gasteiger partial charge is 0.315 e. The monoisotopic (exact) mass is 346 g/mol. The zero-order valence-corrected chi connectivity index (χ0v) is 14.9. The summed E-state index contributed by atoms with van der Waals surface area (Å²) in [6.45, 7) is 3.67. The zero-order valence-electron chi connectivity index (χ0n) is 14.1. The van der Waals surface area contributed by atoms with Crippen LogP contribution >= 0.6 is 12.4 Å². The van der Waals surface area contributed by atoms with E-state index in [1.807, 2.05) is 11.8 Å². The molecule has 0 spiro atoms. The van der Waals surface area contributed by atoms with Crippen LogP contribution in [0.25, 0.3) is 0 Å².